The van der Waals surface area contributed by atoms with Crippen LogP contribution in [0.2, 0.25) is 24.1 Å². The van der Waals surface area contributed by atoms with Gasteiger partial charge in [0.05, 0.1) is 0 Å². The molecule has 0 aromatic heterocycles. The Hall–Kier alpha value is -1.40. The zero-order chi connectivity index (χ0) is 22.2. The van der Waals surface area contributed by atoms with Crippen molar-refractivity contribution in [1.82, 2.24) is 0 Å². The van der Waals surface area contributed by atoms with Gasteiger partial charge >= 0.3 is 188 Å². The van der Waals surface area contributed by atoms with E-state index in [1.807, 2.05) is 25.1 Å². The summed E-state index contributed by atoms with van der Waals surface area (Å²) in [6.07, 6.45) is 0.353. The summed E-state index contributed by atoms with van der Waals surface area (Å²) in [6, 6.07) is 17.1. The fourth-order valence-electron chi connectivity index (χ4n) is 3.96. The van der Waals surface area contributed by atoms with Gasteiger partial charge in [0.2, 0.25) is 0 Å². The number of carbonyl (C=O) groups is 1. The third-order valence-electron chi connectivity index (χ3n) is 5.62. The first-order valence-corrected chi connectivity index (χ1v) is 17.1. The topological polar surface area (TPSA) is 60.4 Å². The monoisotopic (exact) mass is 510 g/mol. The van der Waals surface area contributed by atoms with Crippen molar-refractivity contribution in [3.8, 4) is 0 Å². The van der Waals surface area contributed by atoms with Gasteiger partial charge in [-0.2, -0.15) is 0 Å². The zero-order valence-electron chi connectivity index (χ0n) is 18.2. The van der Waals surface area contributed by atoms with Crippen molar-refractivity contribution in [2.45, 2.75) is 54.0 Å². The molecule has 4 nitrogen and oxygen atoms in total. The molecular formula is C23H30O4SSeSi. The van der Waals surface area contributed by atoms with Gasteiger partial charge in [0, 0.05) is 0 Å². The average Bonchev–Trinajstić information content (AvgIpc) is 3.44. The van der Waals surface area contributed by atoms with E-state index in [2.05, 4.69) is 31.8 Å². The van der Waals surface area contributed by atoms with E-state index in [-0.39, 0.29) is 36.8 Å². The van der Waals surface area contributed by atoms with Crippen molar-refractivity contribution in [2.75, 3.05) is 6.61 Å². The van der Waals surface area contributed by atoms with Crippen molar-refractivity contribution >= 4 is 43.3 Å². The molecule has 1 aliphatic carbocycles. The molecule has 162 valence electrons. The maximum atomic E-state index is 13.8. The zero-order valence-corrected chi connectivity index (χ0v) is 21.7. The molecule has 0 saturated heterocycles. The van der Waals surface area contributed by atoms with E-state index in [0.717, 1.165) is 5.56 Å². The number of benzene rings is 2. The van der Waals surface area contributed by atoms with Gasteiger partial charge in [-0.15, -0.1) is 0 Å². The van der Waals surface area contributed by atoms with Gasteiger partial charge in [0.25, 0.3) is 0 Å². The number of ether oxygens (including phenoxy) is 1. The van der Waals surface area contributed by atoms with E-state index in [0.29, 0.717) is 6.42 Å². The number of rotatable bonds is 8. The molecule has 2 aromatic carbocycles. The molecule has 30 heavy (non-hydrogen) atoms. The Kier molecular flexibility index (Phi) is 6.68. The summed E-state index contributed by atoms with van der Waals surface area (Å²) in [5, 5.41) is 0. The Morgan fingerprint density at radius 1 is 1.13 bits per heavy atom. The standard InChI is InChI=1S/C23H30O4SSeSi/c1-6-27-22(24)23(28(25,26)18-14-12-17(2)13-15-18)16-20(23)21(30(3,4)5)29-19-10-8-7-9-11-19/h7-15,20-21H,6,16H2,1-5H3/t20-,21-,23+/m1/s1. The molecule has 2 aromatic rings. The second kappa shape index (κ2) is 8.62. The summed E-state index contributed by atoms with van der Waals surface area (Å²) in [6.45, 7) is 10.6. The van der Waals surface area contributed by atoms with Crippen molar-refractivity contribution in [1.29, 1.82) is 0 Å². The molecule has 7 heteroatoms. The van der Waals surface area contributed by atoms with Gasteiger partial charge in [0.15, 0.2) is 0 Å². The summed E-state index contributed by atoms with van der Waals surface area (Å²) in [5.41, 5.74) is 0.985. The van der Waals surface area contributed by atoms with Crippen LogP contribution in [0.4, 0.5) is 0 Å². The van der Waals surface area contributed by atoms with Crippen LogP contribution in [0.15, 0.2) is 59.5 Å². The third kappa shape index (κ3) is 4.31. The van der Waals surface area contributed by atoms with Crippen LogP contribution in [-0.4, -0.2) is 48.8 Å². The Balaban J connectivity index is 2.05. The fraction of sp³-hybridized carbons (Fsp3) is 0.435. The summed E-state index contributed by atoms with van der Waals surface area (Å²) in [5.74, 6) is -0.780. The van der Waals surface area contributed by atoms with Crippen LogP contribution in [0.3, 0.4) is 0 Å². The predicted octanol–water partition coefficient (Wildman–Crippen LogP) is 3.79. The number of hydrogen-bond acceptors (Lipinski definition) is 4. The summed E-state index contributed by atoms with van der Waals surface area (Å²) in [7, 11) is -5.62. The number of aryl methyl sites for hydroxylation is 1. The molecule has 0 amide bonds. The number of sulfone groups is 1. The van der Waals surface area contributed by atoms with Crippen LogP contribution < -0.4 is 4.46 Å². The quantitative estimate of drug-likeness (QED) is 0.402. The molecule has 0 radical (unpaired) electrons. The van der Waals surface area contributed by atoms with Gasteiger partial charge in [-0.05, 0) is 0 Å². The van der Waals surface area contributed by atoms with E-state index in [1.54, 1.807) is 31.2 Å². The van der Waals surface area contributed by atoms with Crippen molar-refractivity contribution in [3.05, 3.63) is 60.2 Å². The predicted molar refractivity (Wildman–Crippen MR) is 125 cm³/mol. The normalized spacial score (nSPS) is 22.4. The second-order valence-corrected chi connectivity index (χ2v) is 20.0. The van der Waals surface area contributed by atoms with E-state index < -0.39 is 28.6 Å². The molecule has 0 heterocycles. The van der Waals surface area contributed by atoms with E-state index in [4.69, 9.17) is 4.74 Å². The molecular weight excluding hydrogens is 479 g/mol. The molecule has 0 N–H and O–H groups in total. The first kappa shape index (κ1) is 23.3. The first-order chi connectivity index (χ1) is 14.0. The second-order valence-electron chi connectivity index (χ2n) is 8.95. The SMILES string of the molecule is CCOC(=O)[C@]1(S(=O)(=O)c2ccc(C)cc2)C[C@@H]1[C@H]([Se]c1ccccc1)[Si](C)(C)C. The molecule has 1 aliphatic rings. The van der Waals surface area contributed by atoms with E-state index in [9.17, 15) is 13.2 Å². The molecule has 0 unspecified atom stereocenters. The molecule has 1 fully saturated rings. The van der Waals surface area contributed by atoms with Gasteiger partial charge in [-0.1, -0.05) is 0 Å². The summed E-state index contributed by atoms with van der Waals surface area (Å²) in [4.78, 5) is 13.3. The van der Waals surface area contributed by atoms with Crippen LogP contribution in [-0.2, 0) is 19.4 Å². The summed E-state index contributed by atoms with van der Waals surface area (Å²) >= 11 is 0.0907. The molecule has 1 saturated carbocycles. The van der Waals surface area contributed by atoms with Gasteiger partial charge in [-0.3, -0.25) is 0 Å². The number of hydrogen-bond donors (Lipinski definition) is 0. The molecule has 3 atom stereocenters. The van der Waals surface area contributed by atoms with Gasteiger partial charge in [-0.25, -0.2) is 0 Å². The van der Waals surface area contributed by atoms with Gasteiger partial charge in [0.1, 0.15) is 0 Å². The van der Waals surface area contributed by atoms with Crippen molar-refractivity contribution < 1.29 is 17.9 Å². The molecule has 0 bridgehead atoms. The Labute approximate surface area is 187 Å². The van der Waals surface area contributed by atoms with Crippen LogP contribution in [0.1, 0.15) is 18.9 Å². The van der Waals surface area contributed by atoms with Crippen LogP contribution in [0.5, 0.6) is 0 Å². The number of esters is 1. The molecule has 3 rings (SSSR count). The summed E-state index contributed by atoms with van der Waals surface area (Å²) < 4.78 is 32.9. The number of carbonyl (C=O) groups excluding carboxylic acids is 1. The average molecular weight is 510 g/mol. The third-order valence-corrected chi connectivity index (χ3v) is 17.6. The van der Waals surface area contributed by atoms with E-state index >= 15 is 0 Å². The molecule has 0 aliphatic heterocycles. The fourth-order valence-corrected chi connectivity index (χ4v) is 13.6. The first-order valence-electron chi connectivity index (χ1n) is 10.2. The minimum atomic E-state index is -3.85. The van der Waals surface area contributed by atoms with Crippen molar-refractivity contribution in [3.63, 3.8) is 0 Å². The minimum absolute atomic E-state index is 0.0907. The van der Waals surface area contributed by atoms with Crippen LogP contribution in [0.25, 0.3) is 0 Å². The maximum absolute atomic E-state index is 13.8. The Morgan fingerprint density at radius 3 is 2.27 bits per heavy atom. The van der Waals surface area contributed by atoms with Crippen LogP contribution >= 0.6 is 0 Å². The molecule has 0 spiro atoms. The van der Waals surface area contributed by atoms with Gasteiger partial charge < -0.3 is 0 Å². The Bertz CT molecular complexity index is 1000. The van der Waals surface area contributed by atoms with E-state index in [1.165, 1.54) is 4.46 Å². The van der Waals surface area contributed by atoms with Crippen molar-refractivity contribution in [2.24, 2.45) is 5.92 Å². The Morgan fingerprint density at radius 2 is 1.73 bits per heavy atom. The van der Waals surface area contributed by atoms with Crippen LogP contribution in [0, 0.1) is 12.8 Å².